The Balaban J connectivity index is 1.25. The number of rotatable bonds is 5. The van der Waals surface area contributed by atoms with Gasteiger partial charge in [0, 0.05) is 11.1 Å². The predicted molar refractivity (Wildman–Crippen MR) is 123 cm³/mol. The lowest BCUT2D eigenvalue weighted by Crippen LogP contribution is -2.36. The summed E-state index contributed by atoms with van der Waals surface area (Å²) in [7, 11) is 1.65. The monoisotopic (exact) mass is 481 g/mol. The van der Waals surface area contributed by atoms with Gasteiger partial charge in [0.05, 0.1) is 31.6 Å². The van der Waals surface area contributed by atoms with Crippen molar-refractivity contribution in [2.45, 2.75) is 50.8 Å². The van der Waals surface area contributed by atoms with Gasteiger partial charge in [-0.25, -0.2) is 4.68 Å². The molecule has 34 heavy (non-hydrogen) atoms. The zero-order chi connectivity index (χ0) is 23.4. The molecule has 4 aromatic rings. The number of ether oxygens (including phenoxy) is 4. The van der Waals surface area contributed by atoms with Gasteiger partial charge in [-0.2, -0.15) is 8.75 Å². The second-order valence-corrected chi connectivity index (χ2v) is 9.34. The first kappa shape index (κ1) is 21.6. The zero-order valence-electron chi connectivity index (χ0n) is 18.8. The molecule has 2 saturated heterocycles. The van der Waals surface area contributed by atoms with E-state index in [1.807, 2.05) is 42.6 Å². The van der Waals surface area contributed by atoms with Gasteiger partial charge in [0.1, 0.15) is 40.8 Å². The van der Waals surface area contributed by atoms with Crippen LogP contribution < -0.4 is 4.74 Å². The normalized spacial score (nSPS) is 25.6. The highest BCUT2D eigenvalue weighted by Gasteiger charge is 2.54. The van der Waals surface area contributed by atoms with E-state index in [1.54, 1.807) is 25.6 Å². The van der Waals surface area contributed by atoms with Crippen LogP contribution in [0.4, 0.5) is 0 Å². The van der Waals surface area contributed by atoms with Crippen molar-refractivity contribution in [1.82, 2.24) is 23.7 Å². The van der Waals surface area contributed by atoms with Gasteiger partial charge >= 0.3 is 0 Å². The van der Waals surface area contributed by atoms with E-state index in [1.165, 1.54) is 0 Å². The third-order valence-electron chi connectivity index (χ3n) is 6.11. The molecule has 0 amide bonds. The second kappa shape index (κ2) is 8.07. The van der Waals surface area contributed by atoms with E-state index in [-0.39, 0.29) is 0 Å². The summed E-state index contributed by atoms with van der Waals surface area (Å²) in [6.07, 6.45) is -0.633. The van der Waals surface area contributed by atoms with Crippen LogP contribution in [0, 0.1) is 0 Å². The quantitative estimate of drug-likeness (QED) is 0.460. The van der Waals surface area contributed by atoms with Gasteiger partial charge in [0.15, 0.2) is 12.1 Å². The Morgan fingerprint density at radius 1 is 1.06 bits per heavy atom. The van der Waals surface area contributed by atoms with E-state index < -0.39 is 30.4 Å². The standard InChI is InChI=1S/C23H23N5O5S/c1-23(2)32-21-20(29)17(31-22(21)33-23)11-28-10-16(24-27-28)15-9-8-14(18-19(15)26-34-25-18)12-4-6-13(30-3)7-5-12/h4-10,17,20-22,29H,11H2,1-3H3/t17-,20+,21-,22-/m1/s1. The molecule has 0 radical (unpaired) electrons. The number of nitrogens with zero attached hydrogens (tertiary/aromatic N) is 5. The lowest BCUT2D eigenvalue weighted by molar-refractivity contribution is -0.216. The maximum atomic E-state index is 10.6. The minimum atomic E-state index is -0.822. The number of aliphatic hydroxyl groups excluding tert-OH is 1. The molecule has 176 valence electrons. The highest BCUT2D eigenvalue weighted by molar-refractivity contribution is 7.00. The topological polar surface area (TPSA) is 114 Å². The largest absolute Gasteiger partial charge is 0.497 e. The van der Waals surface area contributed by atoms with Crippen LogP contribution in [0.2, 0.25) is 0 Å². The van der Waals surface area contributed by atoms with Crippen LogP contribution in [-0.4, -0.2) is 66.3 Å². The molecule has 0 aliphatic carbocycles. The molecule has 0 bridgehead atoms. The molecule has 1 N–H and O–H groups in total. The van der Waals surface area contributed by atoms with E-state index in [4.69, 9.17) is 18.9 Å². The minimum Gasteiger partial charge on any atom is -0.497 e. The summed E-state index contributed by atoms with van der Waals surface area (Å²) < 4.78 is 33.3. The summed E-state index contributed by atoms with van der Waals surface area (Å²) >= 11 is 1.16. The summed E-state index contributed by atoms with van der Waals surface area (Å²) in [6, 6.07) is 11.8. The first-order valence-corrected chi connectivity index (χ1v) is 11.6. The van der Waals surface area contributed by atoms with Crippen molar-refractivity contribution in [2.24, 2.45) is 0 Å². The summed E-state index contributed by atoms with van der Waals surface area (Å²) in [5.41, 5.74) is 5.09. The number of aliphatic hydroxyl groups is 1. The highest BCUT2D eigenvalue weighted by atomic mass is 32.1. The van der Waals surface area contributed by atoms with Crippen molar-refractivity contribution >= 4 is 22.8 Å². The van der Waals surface area contributed by atoms with Gasteiger partial charge in [-0.1, -0.05) is 23.4 Å². The summed E-state index contributed by atoms with van der Waals surface area (Å²) in [5, 5.41) is 19.2. The third-order valence-corrected chi connectivity index (χ3v) is 6.64. The molecule has 0 unspecified atom stereocenters. The van der Waals surface area contributed by atoms with Crippen molar-refractivity contribution < 1.29 is 24.1 Å². The molecular formula is C23H23N5O5S. The fourth-order valence-electron chi connectivity index (χ4n) is 4.48. The van der Waals surface area contributed by atoms with Gasteiger partial charge in [-0.3, -0.25) is 0 Å². The van der Waals surface area contributed by atoms with Gasteiger partial charge < -0.3 is 24.1 Å². The molecular weight excluding hydrogens is 458 g/mol. The Morgan fingerprint density at radius 2 is 1.79 bits per heavy atom. The van der Waals surface area contributed by atoms with Crippen molar-refractivity contribution in [2.75, 3.05) is 7.11 Å². The van der Waals surface area contributed by atoms with Crippen LogP contribution in [0.15, 0.2) is 42.6 Å². The number of hydrogen-bond acceptors (Lipinski definition) is 10. The SMILES string of the molecule is COc1ccc(-c2ccc(-c3cn(C[C@H]4O[C@@H]5OC(C)(C)O[C@@H]5[C@H]4O)nn3)c3nsnc23)cc1. The summed E-state index contributed by atoms with van der Waals surface area (Å²) in [4.78, 5) is 0. The van der Waals surface area contributed by atoms with Crippen LogP contribution in [0.1, 0.15) is 13.8 Å². The second-order valence-electron chi connectivity index (χ2n) is 8.81. The Hall–Kier alpha value is -2.96. The maximum absolute atomic E-state index is 10.6. The summed E-state index contributed by atoms with van der Waals surface area (Å²) in [6.45, 7) is 3.92. The number of methoxy groups -OCH3 is 1. The minimum absolute atomic E-state index is 0.316. The first-order valence-electron chi connectivity index (χ1n) is 10.9. The van der Waals surface area contributed by atoms with Crippen molar-refractivity contribution in [1.29, 1.82) is 0 Å². The zero-order valence-corrected chi connectivity index (χ0v) is 19.6. The fraction of sp³-hybridized carbons (Fsp3) is 0.391. The lowest BCUT2D eigenvalue weighted by atomic mass is 10.0. The summed E-state index contributed by atoms with van der Waals surface area (Å²) in [5.74, 6) is 0.0264. The van der Waals surface area contributed by atoms with Crippen LogP contribution in [0.3, 0.4) is 0 Å². The Bertz CT molecular complexity index is 1340. The van der Waals surface area contributed by atoms with Crippen molar-refractivity contribution in [3.63, 3.8) is 0 Å². The smallest absolute Gasteiger partial charge is 0.190 e. The van der Waals surface area contributed by atoms with Crippen LogP contribution in [0.25, 0.3) is 33.4 Å². The molecule has 6 rings (SSSR count). The van der Waals surface area contributed by atoms with Gasteiger partial charge in [0.25, 0.3) is 0 Å². The number of hydrogen-bond donors (Lipinski definition) is 1. The Labute approximate surface area is 199 Å². The molecule has 2 aliphatic heterocycles. The third kappa shape index (κ3) is 3.65. The Kier molecular flexibility index (Phi) is 5.12. The van der Waals surface area contributed by atoms with Gasteiger partial charge in [-0.15, -0.1) is 5.10 Å². The molecule has 11 heteroatoms. The number of benzene rings is 2. The molecule has 2 aliphatic rings. The van der Waals surface area contributed by atoms with E-state index in [9.17, 15) is 5.11 Å². The van der Waals surface area contributed by atoms with Crippen LogP contribution in [0.5, 0.6) is 5.75 Å². The number of fused-ring (bicyclic) bond motifs is 2. The van der Waals surface area contributed by atoms with Crippen LogP contribution >= 0.6 is 11.7 Å². The van der Waals surface area contributed by atoms with E-state index >= 15 is 0 Å². The predicted octanol–water partition coefficient (Wildman–Crippen LogP) is 2.86. The molecule has 10 nitrogen and oxygen atoms in total. The van der Waals surface area contributed by atoms with Crippen molar-refractivity contribution in [3.8, 4) is 28.1 Å². The molecule has 4 heterocycles. The molecule has 0 spiro atoms. The van der Waals surface area contributed by atoms with Crippen LogP contribution in [-0.2, 0) is 20.8 Å². The Morgan fingerprint density at radius 3 is 2.53 bits per heavy atom. The highest BCUT2D eigenvalue weighted by Crippen LogP contribution is 2.38. The molecule has 2 aromatic heterocycles. The number of aromatic nitrogens is 5. The van der Waals surface area contributed by atoms with Crippen molar-refractivity contribution in [3.05, 3.63) is 42.6 Å². The van der Waals surface area contributed by atoms with E-state index in [0.717, 1.165) is 45.2 Å². The van der Waals surface area contributed by atoms with Gasteiger partial charge in [0.2, 0.25) is 0 Å². The molecule has 2 aromatic carbocycles. The first-order chi connectivity index (χ1) is 16.4. The van der Waals surface area contributed by atoms with E-state index in [0.29, 0.717) is 12.2 Å². The average Bonchev–Trinajstić information content (AvgIpc) is 3.60. The molecule has 4 atom stereocenters. The maximum Gasteiger partial charge on any atom is 0.190 e. The lowest BCUT2D eigenvalue weighted by Gasteiger charge is -2.22. The molecule has 0 saturated carbocycles. The van der Waals surface area contributed by atoms with Gasteiger partial charge in [-0.05, 0) is 37.6 Å². The average molecular weight is 482 g/mol. The molecule has 2 fully saturated rings. The van der Waals surface area contributed by atoms with E-state index in [2.05, 4.69) is 19.1 Å². The fourth-order valence-corrected chi connectivity index (χ4v) is 5.06.